The molecule has 0 unspecified atom stereocenters. The van der Waals surface area contributed by atoms with E-state index >= 15 is 0 Å². The Labute approximate surface area is 122 Å². The van der Waals surface area contributed by atoms with Gasteiger partial charge in [-0.2, -0.15) is 0 Å². The summed E-state index contributed by atoms with van der Waals surface area (Å²) in [6, 6.07) is 4.83. The number of benzene rings is 1. The third kappa shape index (κ3) is 2.19. The van der Waals surface area contributed by atoms with Crippen molar-refractivity contribution in [2.75, 3.05) is 6.54 Å². The maximum Gasteiger partial charge on any atom is 0.265 e. The van der Waals surface area contributed by atoms with Gasteiger partial charge in [0.1, 0.15) is 11.6 Å². The molecule has 0 saturated carbocycles. The van der Waals surface area contributed by atoms with Gasteiger partial charge in [0.2, 0.25) is 0 Å². The SMILES string of the molecule is O=C(c1ccc(F)cc1F)n1c(Br)cc2c1CCNC2. The molecule has 20 heavy (non-hydrogen) atoms. The van der Waals surface area contributed by atoms with Crippen molar-refractivity contribution >= 4 is 21.8 Å². The maximum atomic E-state index is 13.8. The van der Waals surface area contributed by atoms with E-state index in [4.69, 9.17) is 0 Å². The Bertz CT molecular complexity index is 697. The monoisotopic (exact) mass is 340 g/mol. The lowest BCUT2D eigenvalue weighted by Crippen LogP contribution is -2.26. The van der Waals surface area contributed by atoms with Gasteiger partial charge in [-0.3, -0.25) is 9.36 Å². The molecule has 0 radical (unpaired) electrons. The van der Waals surface area contributed by atoms with Gasteiger partial charge < -0.3 is 5.32 Å². The first kappa shape index (κ1) is 13.5. The quantitative estimate of drug-likeness (QED) is 0.866. The lowest BCUT2D eigenvalue weighted by molar-refractivity contribution is 0.0950. The number of nitrogens with one attached hydrogen (secondary N) is 1. The number of hydrogen-bond acceptors (Lipinski definition) is 2. The highest BCUT2D eigenvalue weighted by atomic mass is 79.9. The van der Waals surface area contributed by atoms with Crippen LogP contribution in [0.1, 0.15) is 21.6 Å². The van der Waals surface area contributed by atoms with Gasteiger partial charge in [0.05, 0.1) is 10.2 Å². The number of aromatic nitrogens is 1. The molecule has 0 spiro atoms. The highest BCUT2D eigenvalue weighted by molar-refractivity contribution is 9.10. The number of fused-ring (bicyclic) bond motifs is 1. The molecule has 2 aromatic rings. The number of carbonyl (C=O) groups excluding carboxylic acids is 1. The van der Waals surface area contributed by atoms with Crippen LogP contribution in [-0.2, 0) is 13.0 Å². The Morgan fingerprint density at radius 1 is 1.30 bits per heavy atom. The Hall–Kier alpha value is -1.53. The van der Waals surface area contributed by atoms with Gasteiger partial charge in [-0.1, -0.05) is 0 Å². The second-order valence-corrected chi connectivity index (χ2v) is 5.44. The average Bonchev–Trinajstić information content (AvgIpc) is 2.73. The van der Waals surface area contributed by atoms with Crippen LogP contribution < -0.4 is 5.32 Å². The smallest absolute Gasteiger partial charge is 0.265 e. The van der Waals surface area contributed by atoms with E-state index in [1.807, 2.05) is 6.07 Å². The fourth-order valence-electron chi connectivity index (χ4n) is 2.42. The van der Waals surface area contributed by atoms with Crippen molar-refractivity contribution in [2.24, 2.45) is 0 Å². The Morgan fingerprint density at radius 3 is 2.85 bits per heavy atom. The Balaban J connectivity index is 2.09. The van der Waals surface area contributed by atoms with Crippen molar-refractivity contribution in [1.82, 2.24) is 9.88 Å². The first-order chi connectivity index (χ1) is 9.58. The van der Waals surface area contributed by atoms with Gasteiger partial charge in [-0.05, 0) is 39.7 Å². The summed E-state index contributed by atoms with van der Waals surface area (Å²) in [6.07, 6.45) is 0.690. The number of nitrogens with zero attached hydrogens (tertiary/aromatic N) is 1. The second kappa shape index (κ2) is 5.10. The van der Waals surface area contributed by atoms with Crippen LogP contribution in [0, 0.1) is 11.6 Å². The molecule has 0 aliphatic carbocycles. The summed E-state index contributed by atoms with van der Waals surface area (Å²) in [7, 11) is 0. The Morgan fingerprint density at radius 2 is 2.10 bits per heavy atom. The third-order valence-corrected chi connectivity index (χ3v) is 3.95. The molecular formula is C14H11BrF2N2O. The van der Waals surface area contributed by atoms with Gasteiger partial charge in [-0.15, -0.1) is 0 Å². The summed E-state index contributed by atoms with van der Waals surface area (Å²) >= 11 is 3.33. The summed E-state index contributed by atoms with van der Waals surface area (Å²) in [4.78, 5) is 12.5. The predicted molar refractivity (Wildman–Crippen MR) is 73.6 cm³/mol. The molecule has 1 aromatic heterocycles. The maximum absolute atomic E-state index is 13.8. The highest BCUT2D eigenvalue weighted by Gasteiger charge is 2.23. The molecule has 104 valence electrons. The summed E-state index contributed by atoms with van der Waals surface area (Å²) in [6.45, 7) is 1.45. The van der Waals surface area contributed by atoms with E-state index in [0.717, 1.165) is 29.9 Å². The van der Waals surface area contributed by atoms with Gasteiger partial charge >= 0.3 is 0 Å². The minimum absolute atomic E-state index is 0.135. The predicted octanol–water partition coefficient (Wildman–Crippen LogP) is 2.86. The molecule has 0 atom stereocenters. The number of rotatable bonds is 1. The van der Waals surface area contributed by atoms with E-state index in [1.165, 1.54) is 10.6 Å². The van der Waals surface area contributed by atoms with Gasteiger partial charge in [-0.25, -0.2) is 8.78 Å². The zero-order chi connectivity index (χ0) is 14.3. The van der Waals surface area contributed by atoms with Crippen molar-refractivity contribution in [3.05, 3.63) is 57.3 Å². The third-order valence-electron chi connectivity index (χ3n) is 3.37. The number of halogens is 3. The summed E-state index contributed by atoms with van der Waals surface area (Å²) in [5, 5.41) is 3.21. The summed E-state index contributed by atoms with van der Waals surface area (Å²) < 4.78 is 28.7. The second-order valence-electron chi connectivity index (χ2n) is 4.63. The molecule has 1 aromatic carbocycles. The fourth-order valence-corrected chi connectivity index (χ4v) is 3.07. The zero-order valence-corrected chi connectivity index (χ0v) is 12.0. The van der Waals surface area contributed by atoms with E-state index in [0.29, 0.717) is 17.6 Å². The van der Waals surface area contributed by atoms with E-state index in [1.54, 1.807) is 0 Å². The lowest BCUT2D eigenvalue weighted by Gasteiger charge is -2.16. The lowest BCUT2D eigenvalue weighted by atomic mass is 10.1. The molecule has 1 N–H and O–H groups in total. The summed E-state index contributed by atoms with van der Waals surface area (Å²) in [5.74, 6) is -2.03. The minimum Gasteiger partial charge on any atom is -0.312 e. The van der Waals surface area contributed by atoms with Crippen LogP contribution in [-0.4, -0.2) is 17.0 Å². The van der Waals surface area contributed by atoms with Gasteiger partial charge in [0.15, 0.2) is 0 Å². The largest absolute Gasteiger partial charge is 0.312 e. The number of carbonyl (C=O) groups is 1. The van der Waals surface area contributed by atoms with Crippen LogP contribution in [0.25, 0.3) is 0 Å². The topological polar surface area (TPSA) is 34.0 Å². The highest BCUT2D eigenvalue weighted by Crippen LogP contribution is 2.25. The molecule has 0 fully saturated rings. The minimum atomic E-state index is -0.849. The average molecular weight is 341 g/mol. The van der Waals surface area contributed by atoms with Crippen LogP contribution >= 0.6 is 15.9 Å². The van der Waals surface area contributed by atoms with Crippen molar-refractivity contribution in [3.8, 4) is 0 Å². The first-order valence-electron chi connectivity index (χ1n) is 6.17. The van der Waals surface area contributed by atoms with Crippen LogP contribution in [0.5, 0.6) is 0 Å². The molecule has 6 heteroatoms. The Kier molecular flexibility index (Phi) is 3.43. The fraction of sp³-hybridized carbons (Fsp3) is 0.214. The molecule has 3 nitrogen and oxygen atoms in total. The van der Waals surface area contributed by atoms with Crippen LogP contribution in [0.4, 0.5) is 8.78 Å². The first-order valence-corrected chi connectivity index (χ1v) is 6.96. The normalized spacial score (nSPS) is 14.2. The molecular weight excluding hydrogens is 330 g/mol. The van der Waals surface area contributed by atoms with Gasteiger partial charge in [0.25, 0.3) is 5.91 Å². The molecule has 0 bridgehead atoms. The molecule has 0 saturated heterocycles. The van der Waals surface area contributed by atoms with Crippen molar-refractivity contribution in [1.29, 1.82) is 0 Å². The standard InChI is InChI=1S/C14H11BrF2N2O/c15-13-5-8-7-18-4-3-12(8)19(13)14(20)10-2-1-9(16)6-11(10)17/h1-2,5-6,18H,3-4,7H2. The van der Waals surface area contributed by atoms with Crippen molar-refractivity contribution in [2.45, 2.75) is 13.0 Å². The van der Waals surface area contributed by atoms with Crippen LogP contribution in [0.15, 0.2) is 28.9 Å². The molecule has 1 aliphatic rings. The van der Waals surface area contributed by atoms with Crippen molar-refractivity contribution < 1.29 is 13.6 Å². The van der Waals surface area contributed by atoms with E-state index < -0.39 is 17.5 Å². The van der Waals surface area contributed by atoms with Crippen LogP contribution in [0.2, 0.25) is 0 Å². The van der Waals surface area contributed by atoms with Crippen molar-refractivity contribution in [3.63, 3.8) is 0 Å². The zero-order valence-electron chi connectivity index (χ0n) is 10.4. The molecule has 3 rings (SSSR count). The molecule has 1 aliphatic heterocycles. The van der Waals surface area contributed by atoms with E-state index in [-0.39, 0.29) is 5.56 Å². The van der Waals surface area contributed by atoms with Crippen LogP contribution in [0.3, 0.4) is 0 Å². The van der Waals surface area contributed by atoms with E-state index in [2.05, 4.69) is 21.2 Å². The van der Waals surface area contributed by atoms with Gasteiger partial charge in [0, 0.05) is 31.3 Å². The molecule has 2 heterocycles. The number of hydrogen-bond donors (Lipinski definition) is 1. The molecule has 0 amide bonds. The summed E-state index contributed by atoms with van der Waals surface area (Å²) in [5.41, 5.74) is 1.74. The van der Waals surface area contributed by atoms with E-state index in [9.17, 15) is 13.6 Å².